The molecule has 1 N–H and O–H groups in total. The van der Waals surface area contributed by atoms with Gasteiger partial charge in [0.15, 0.2) is 0 Å². The Labute approximate surface area is 183 Å². The zero-order valence-electron chi connectivity index (χ0n) is 17.9. The highest BCUT2D eigenvalue weighted by molar-refractivity contribution is 7.89. The Hall–Kier alpha value is -1.74. The molecule has 30 heavy (non-hydrogen) atoms. The van der Waals surface area contributed by atoms with Gasteiger partial charge in [0.2, 0.25) is 10.0 Å². The summed E-state index contributed by atoms with van der Waals surface area (Å²) in [6.07, 6.45) is 2.36. The molecule has 2 aromatic rings. The summed E-state index contributed by atoms with van der Waals surface area (Å²) in [5, 5.41) is 5.12. The summed E-state index contributed by atoms with van der Waals surface area (Å²) in [6.45, 7) is 8.83. The van der Waals surface area contributed by atoms with Crippen molar-refractivity contribution in [2.24, 2.45) is 0 Å². The van der Waals surface area contributed by atoms with E-state index in [-0.39, 0.29) is 16.8 Å². The zero-order valence-corrected chi connectivity index (χ0v) is 19.6. The van der Waals surface area contributed by atoms with E-state index in [1.165, 1.54) is 28.1 Å². The molecule has 1 aromatic carbocycles. The van der Waals surface area contributed by atoms with Crippen LogP contribution in [0.25, 0.3) is 0 Å². The van der Waals surface area contributed by atoms with Crippen molar-refractivity contribution in [3.05, 3.63) is 51.7 Å². The first-order chi connectivity index (χ1) is 14.4. The van der Waals surface area contributed by atoms with Gasteiger partial charge in [0.25, 0.3) is 5.91 Å². The van der Waals surface area contributed by atoms with Gasteiger partial charge in [0.1, 0.15) is 0 Å². The predicted octanol–water partition coefficient (Wildman–Crippen LogP) is 3.65. The number of benzene rings is 1. The quantitative estimate of drug-likeness (QED) is 0.634. The molecule has 6 nitrogen and oxygen atoms in total. The molecule has 1 aliphatic heterocycles. The number of amides is 1. The monoisotopic (exact) mass is 449 g/mol. The molecule has 1 unspecified atom stereocenters. The van der Waals surface area contributed by atoms with Crippen LogP contribution in [0.3, 0.4) is 0 Å². The smallest absolute Gasteiger partial charge is 0.251 e. The van der Waals surface area contributed by atoms with Gasteiger partial charge in [0, 0.05) is 30.1 Å². The number of nitrogens with one attached hydrogen (secondary N) is 1. The minimum absolute atomic E-state index is 0.152. The first kappa shape index (κ1) is 22.9. The van der Waals surface area contributed by atoms with E-state index in [1.807, 2.05) is 26.8 Å². The van der Waals surface area contributed by atoms with Crippen molar-refractivity contribution in [1.29, 1.82) is 0 Å². The largest absolute Gasteiger partial charge is 0.350 e. The number of nitrogens with zero attached hydrogens (tertiary/aromatic N) is 2. The lowest BCUT2D eigenvalue weighted by Crippen LogP contribution is -2.36. The molecule has 0 bridgehead atoms. The van der Waals surface area contributed by atoms with E-state index in [0.29, 0.717) is 25.2 Å². The second-order valence-electron chi connectivity index (χ2n) is 7.55. The summed E-state index contributed by atoms with van der Waals surface area (Å²) in [4.78, 5) is 16.8. The molecule has 1 fully saturated rings. The fraction of sp³-hybridized carbons (Fsp3) is 0.500. The maximum Gasteiger partial charge on any atom is 0.251 e. The second-order valence-corrected chi connectivity index (χ2v) is 10.5. The summed E-state index contributed by atoms with van der Waals surface area (Å²) in [5.41, 5.74) is 1.18. The topological polar surface area (TPSA) is 69.7 Å². The van der Waals surface area contributed by atoms with Gasteiger partial charge in [-0.25, -0.2) is 8.42 Å². The molecule has 0 saturated carbocycles. The Bertz CT molecular complexity index is 948. The number of thiophene rings is 1. The van der Waals surface area contributed by atoms with E-state index in [2.05, 4.69) is 21.7 Å². The first-order valence-electron chi connectivity index (χ1n) is 10.5. The van der Waals surface area contributed by atoms with E-state index in [0.717, 1.165) is 18.7 Å². The highest BCUT2D eigenvalue weighted by Gasteiger charge is 2.26. The van der Waals surface area contributed by atoms with Gasteiger partial charge < -0.3 is 5.32 Å². The lowest BCUT2D eigenvalue weighted by atomic mass is 10.1. The molecule has 1 aliphatic rings. The van der Waals surface area contributed by atoms with Gasteiger partial charge in [-0.1, -0.05) is 26.0 Å². The number of rotatable bonds is 9. The molecule has 164 valence electrons. The minimum Gasteiger partial charge on any atom is -0.350 e. The standard InChI is InChI=1S/C22H31N3O3S2/c1-4-25(5-2)30(27,28)18-11-10-17(3)19(15-18)22(26)23-16-20(21-9-8-14-29-21)24-12-6-7-13-24/h8-11,14-15,20H,4-7,12-13,16H2,1-3H3,(H,23,26). The maximum absolute atomic E-state index is 13.0. The third-order valence-electron chi connectivity index (χ3n) is 5.71. The van der Waals surface area contributed by atoms with Crippen molar-refractivity contribution in [2.45, 2.75) is 44.6 Å². The second kappa shape index (κ2) is 10.0. The highest BCUT2D eigenvalue weighted by Crippen LogP contribution is 2.28. The van der Waals surface area contributed by atoms with Gasteiger partial charge in [-0.2, -0.15) is 4.31 Å². The average Bonchev–Trinajstić information content (AvgIpc) is 3.44. The van der Waals surface area contributed by atoms with Gasteiger partial charge in [0.05, 0.1) is 10.9 Å². The lowest BCUT2D eigenvalue weighted by molar-refractivity contribution is 0.0937. The number of hydrogen-bond acceptors (Lipinski definition) is 5. The predicted molar refractivity (Wildman–Crippen MR) is 121 cm³/mol. The number of carbonyl (C=O) groups is 1. The summed E-state index contributed by atoms with van der Waals surface area (Å²) >= 11 is 1.70. The van der Waals surface area contributed by atoms with Crippen molar-refractivity contribution in [3.63, 3.8) is 0 Å². The van der Waals surface area contributed by atoms with Gasteiger partial charge >= 0.3 is 0 Å². The Morgan fingerprint density at radius 3 is 2.50 bits per heavy atom. The summed E-state index contributed by atoms with van der Waals surface area (Å²) in [7, 11) is -3.61. The van der Waals surface area contributed by atoms with Crippen LogP contribution < -0.4 is 5.32 Å². The van der Waals surface area contributed by atoms with Crippen LogP contribution in [0.2, 0.25) is 0 Å². The van der Waals surface area contributed by atoms with Crippen molar-refractivity contribution in [3.8, 4) is 0 Å². The molecule has 0 radical (unpaired) electrons. The SMILES string of the molecule is CCN(CC)S(=O)(=O)c1ccc(C)c(C(=O)NCC(c2cccs2)N2CCCC2)c1. The summed E-state index contributed by atoms with van der Waals surface area (Å²) < 4.78 is 27.1. The molecule has 1 aromatic heterocycles. The number of aryl methyl sites for hydroxylation is 1. The molecule has 1 saturated heterocycles. The molecule has 1 atom stereocenters. The highest BCUT2D eigenvalue weighted by atomic mass is 32.2. The van der Waals surface area contributed by atoms with Crippen LogP contribution in [-0.2, 0) is 10.0 Å². The zero-order chi connectivity index (χ0) is 21.7. The maximum atomic E-state index is 13.0. The van der Waals surface area contributed by atoms with Crippen LogP contribution in [0, 0.1) is 6.92 Å². The number of likely N-dealkylation sites (tertiary alicyclic amines) is 1. The summed E-state index contributed by atoms with van der Waals surface area (Å²) in [6, 6.07) is 9.10. The molecule has 2 heterocycles. The Morgan fingerprint density at radius 1 is 1.20 bits per heavy atom. The molecule has 0 spiro atoms. The van der Waals surface area contributed by atoms with Crippen LogP contribution in [0.4, 0.5) is 0 Å². The normalized spacial score (nSPS) is 16.1. The van der Waals surface area contributed by atoms with Crippen molar-refractivity contribution < 1.29 is 13.2 Å². The molecule has 1 amide bonds. The Kier molecular flexibility index (Phi) is 7.68. The van der Waals surface area contributed by atoms with Crippen molar-refractivity contribution in [1.82, 2.24) is 14.5 Å². The van der Waals surface area contributed by atoms with E-state index in [4.69, 9.17) is 0 Å². The fourth-order valence-corrected chi connectivity index (χ4v) is 6.29. The van der Waals surface area contributed by atoms with Crippen molar-refractivity contribution in [2.75, 3.05) is 32.7 Å². The van der Waals surface area contributed by atoms with Gasteiger partial charge in [-0.05, 0) is 62.0 Å². The van der Waals surface area contributed by atoms with Gasteiger partial charge in [-0.15, -0.1) is 11.3 Å². The third kappa shape index (κ3) is 4.94. The summed E-state index contributed by atoms with van der Waals surface area (Å²) in [5.74, 6) is -0.232. The Morgan fingerprint density at radius 2 is 1.90 bits per heavy atom. The first-order valence-corrected chi connectivity index (χ1v) is 12.9. The van der Waals surface area contributed by atoms with Crippen LogP contribution in [-0.4, -0.2) is 56.3 Å². The molecule has 0 aliphatic carbocycles. The van der Waals surface area contributed by atoms with Crippen LogP contribution in [0.5, 0.6) is 0 Å². The fourth-order valence-electron chi connectivity index (χ4n) is 3.95. The van der Waals surface area contributed by atoms with E-state index in [9.17, 15) is 13.2 Å². The van der Waals surface area contributed by atoms with Crippen LogP contribution >= 0.6 is 11.3 Å². The van der Waals surface area contributed by atoms with Crippen LogP contribution in [0.15, 0.2) is 40.6 Å². The number of sulfonamides is 1. The number of carbonyl (C=O) groups excluding carboxylic acids is 1. The molecule has 3 rings (SSSR count). The number of hydrogen-bond donors (Lipinski definition) is 1. The molecular formula is C22H31N3O3S2. The minimum atomic E-state index is -3.61. The lowest BCUT2D eigenvalue weighted by Gasteiger charge is -2.27. The van der Waals surface area contributed by atoms with E-state index >= 15 is 0 Å². The van der Waals surface area contributed by atoms with Crippen LogP contribution in [0.1, 0.15) is 53.5 Å². The van der Waals surface area contributed by atoms with Gasteiger partial charge in [-0.3, -0.25) is 9.69 Å². The molecule has 8 heteroatoms. The Balaban J connectivity index is 1.79. The van der Waals surface area contributed by atoms with E-state index in [1.54, 1.807) is 23.5 Å². The van der Waals surface area contributed by atoms with E-state index < -0.39 is 10.0 Å². The average molecular weight is 450 g/mol. The third-order valence-corrected chi connectivity index (χ3v) is 8.73. The molecular weight excluding hydrogens is 418 g/mol. The van der Waals surface area contributed by atoms with Crippen molar-refractivity contribution >= 4 is 27.3 Å².